The van der Waals surface area contributed by atoms with Crippen molar-refractivity contribution in [1.29, 1.82) is 0 Å². The molecule has 1 aliphatic heterocycles. The highest BCUT2D eigenvalue weighted by Crippen LogP contribution is 2.28. The first-order chi connectivity index (χ1) is 7.45. The molecule has 0 spiro atoms. The van der Waals surface area contributed by atoms with Crippen molar-refractivity contribution < 1.29 is 0 Å². The summed E-state index contributed by atoms with van der Waals surface area (Å²) in [4.78, 5) is 4.26. The van der Waals surface area contributed by atoms with Crippen molar-refractivity contribution in [3.8, 4) is 0 Å². The fourth-order valence-corrected chi connectivity index (χ4v) is 2.28. The van der Waals surface area contributed by atoms with Crippen molar-refractivity contribution in [3.05, 3.63) is 24.0 Å². The molecule has 2 N–H and O–H groups in total. The monoisotopic (exact) mass is 274 g/mol. The molecule has 0 aromatic carbocycles. The lowest BCUT2D eigenvalue weighted by atomic mass is 9.93. The Morgan fingerprint density at radius 2 is 1.94 bits per heavy atom. The number of aromatic nitrogens is 3. The van der Waals surface area contributed by atoms with Crippen molar-refractivity contribution in [3.63, 3.8) is 0 Å². The Morgan fingerprint density at radius 3 is 2.71 bits per heavy atom. The predicted molar refractivity (Wildman–Crippen MR) is 73.2 cm³/mol. The zero-order valence-electron chi connectivity index (χ0n) is 9.35. The first-order valence-electron chi connectivity index (χ1n) is 5.45. The highest BCUT2D eigenvalue weighted by atomic mass is 35.5. The minimum atomic E-state index is 0. The van der Waals surface area contributed by atoms with E-state index in [1.54, 1.807) is 6.20 Å². The fourth-order valence-electron chi connectivity index (χ4n) is 2.28. The highest BCUT2D eigenvalue weighted by molar-refractivity contribution is 5.85. The van der Waals surface area contributed by atoms with Gasteiger partial charge in [-0.05, 0) is 38.1 Å². The van der Waals surface area contributed by atoms with Crippen LogP contribution in [0, 0.1) is 0 Å². The van der Waals surface area contributed by atoms with Gasteiger partial charge in [0.1, 0.15) is 0 Å². The van der Waals surface area contributed by atoms with E-state index in [1.807, 2.05) is 6.07 Å². The smallest absolute Gasteiger partial charge is 0.155 e. The first kappa shape index (κ1) is 14.2. The third kappa shape index (κ3) is 2.70. The number of rotatable bonds is 1. The molecule has 4 nitrogen and oxygen atoms in total. The maximum absolute atomic E-state index is 4.40. The number of aromatic amines is 1. The molecule has 94 valence electrons. The van der Waals surface area contributed by atoms with E-state index in [1.165, 1.54) is 23.9 Å². The quantitative estimate of drug-likeness (QED) is 0.839. The third-order valence-corrected chi connectivity index (χ3v) is 3.09. The normalized spacial score (nSPS) is 16.2. The summed E-state index contributed by atoms with van der Waals surface area (Å²) in [5.41, 5.74) is 2.10. The van der Waals surface area contributed by atoms with Crippen LogP contribution in [0.5, 0.6) is 0 Å². The van der Waals surface area contributed by atoms with Gasteiger partial charge in [0.15, 0.2) is 5.65 Å². The van der Waals surface area contributed by atoms with E-state index in [0.717, 1.165) is 18.7 Å². The Labute approximate surface area is 112 Å². The van der Waals surface area contributed by atoms with Gasteiger partial charge in [-0.1, -0.05) is 0 Å². The van der Waals surface area contributed by atoms with Crippen molar-refractivity contribution in [2.45, 2.75) is 18.8 Å². The molecule has 0 aliphatic carbocycles. The van der Waals surface area contributed by atoms with Gasteiger partial charge in [-0.3, -0.25) is 5.10 Å². The maximum atomic E-state index is 4.40. The second-order valence-electron chi connectivity index (χ2n) is 4.03. The molecule has 0 saturated carbocycles. The molecule has 2 aromatic rings. The summed E-state index contributed by atoms with van der Waals surface area (Å²) < 4.78 is 0. The van der Waals surface area contributed by atoms with Gasteiger partial charge < -0.3 is 5.32 Å². The SMILES string of the molecule is Cl.Cl.c1cnc2[nH]nc(C3CCNCC3)c2c1. The topological polar surface area (TPSA) is 53.6 Å². The van der Waals surface area contributed by atoms with Crippen LogP contribution in [0.3, 0.4) is 0 Å². The van der Waals surface area contributed by atoms with Gasteiger partial charge in [0.25, 0.3) is 0 Å². The predicted octanol–water partition coefficient (Wildman–Crippen LogP) is 2.27. The van der Waals surface area contributed by atoms with Gasteiger partial charge >= 0.3 is 0 Å². The molecule has 1 aliphatic rings. The lowest BCUT2D eigenvalue weighted by molar-refractivity contribution is 0.454. The van der Waals surface area contributed by atoms with Crippen LogP contribution in [0.1, 0.15) is 24.5 Å². The van der Waals surface area contributed by atoms with Crippen LogP contribution in [-0.4, -0.2) is 28.3 Å². The van der Waals surface area contributed by atoms with E-state index in [-0.39, 0.29) is 24.8 Å². The minimum Gasteiger partial charge on any atom is -0.317 e. The number of hydrogen-bond acceptors (Lipinski definition) is 3. The zero-order valence-corrected chi connectivity index (χ0v) is 11.0. The number of nitrogens with zero attached hydrogens (tertiary/aromatic N) is 2. The third-order valence-electron chi connectivity index (χ3n) is 3.09. The summed E-state index contributed by atoms with van der Waals surface area (Å²) in [6.45, 7) is 2.19. The number of piperidine rings is 1. The van der Waals surface area contributed by atoms with E-state index in [9.17, 15) is 0 Å². The molecule has 0 bridgehead atoms. The maximum Gasteiger partial charge on any atom is 0.155 e. The first-order valence-corrected chi connectivity index (χ1v) is 5.45. The van der Waals surface area contributed by atoms with Crippen LogP contribution >= 0.6 is 24.8 Å². The van der Waals surface area contributed by atoms with Crippen LogP contribution < -0.4 is 5.32 Å². The van der Waals surface area contributed by atoms with E-state index in [0.29, 0.717) is 5.92 Å². The zero-order chi connectivity index (χ0) is 10.1. The summed E-state index contributed by atoms with van der Waals surface area (Å²) in [5, 5.41) is 12.0. The molecule has 0 atom stereocenters. The molecule has 6 heteroatoms. The Kier molecular flexibility index (Phi) is 5.18. The molecular weight excluding hydrogens is 259 g/mol. The Bertz CT molecular complexity index is 465. The second-order valence-corrected chi connectivity index (χ2v) is 4.03. The van der Waals surface area contributed by atoms with Gasteiger partial charge in [0.2, 0.25) is 0 Å². The van der Waals surface area contributed by atoms with Gasteiger partial charge in [0, 0.05) is 17.5 Å². The summed E-state index contributed by atoms with van der Waals surface area (Å²) >= 11 is 0. The van der Waals surface area contributed by atoms with Crippen molar-refractivity contribution >= 4 is 35.8 Å². The van der Waals surface area contributed by atoms with Crippen LogP contribution in [0.15, 0.2) is 18.3 Å². The van der Waals surface area contributed by atoms with Crippen molar-refractivity contribution in [2.24, 2.45) is 0 Å². The molecule has 2 aromatic heterocycles. The summed E-state index contributed by atoms with van der Waals surface area (Å²) in [6.07, 6.45) is 4.15. The molecule has 3 rings (SSSR count). The molecular formula is C11H16Cl2N4. The molecule has 17 heavy (non-hydrogen) atoms. The van der Waals surface area contributed by atoms with Crippen LogP contribution in [0.25, 0.3) is 11.0 Å². The lowest BCUT2D eigenvalue weighted by Gasteiger charge is -2.20. The van der Waals surface area contributed by atoms with Gasteiger partial charge in [0.05, 0.1) is 5.69 Å². The van der Waals surface area contributed by atoms with E-state index in [4.69, 9.17) is 0 Å². The van der Waals surface area contributed by atoms with Gasteiger partial charge in [-0.2, -0.15) is 5.10 Å². The number of halogens is 2. The van der Waals surface area contributed by atoms with Gasteiger partial charge in [-0.15, -0.1) is 24.8 Å². The molecule has 1 fully saturated rings. The average Bonchev–Trinajstić information content (AvgIpc) is 2.74. The van der Waals surface area contributed by atoms with Crippen LogP contribution in [0.4, 0.5) is 0 Å². The number of hydrogen-bond donors (Lipinski definition) is 2. The standard InChI is InChI=1S/C11H14N4.2ClH/c1-2-9-10(8-3-6-12-7-4-8)14-15-11(9)13-5-1;;/h1-2,5,8,12H,3-4,6-7H2,(H,13,14,15);2*1H. The Balaban J connectivity index is 0.000000722. The second kappa shape index (κ2) is 6.19. The van der Waals surface area contributed by atoms with Crippen molar-refractivity contribution in [2.75, 3.05) is 13.1 Å². The van der Waals surface area contributed by atoms with Gasteiger partial charge in [-0.25, -0.2) is 4.98 Å². The number of H-pyrrole nitrogens is 1. The summed E-state index contributed by atoms with van der Waals surface area (Å²) in [7, 11) is 0. The highest BCUT2D eigenvalue weighted by Gasteiger charge is 2.19. The summed E-state index contributed by atoms with van der Waals surface area (Å²) in [6, 6.07) is 4.08. The Hall–Kier alpha value is -0.840. The number of pyridine rings is 1. The molecule has 1 saturated heterocycles. The lowest BCUT2D eigenvalue weighted by Crippen LogP contribution is -2.26. The van der Waals surface area contributed by atoms with Crippen LogP contribution in [-0.2, 0) is 0 Å². The fraction of sp³-hybridized carbons (Fsp3) is 0.455. The molecule has 3 heterocycles. The average molecular weight is 275 g/mol. The summed E-state index contributed by atoms with van der Waals surface area (Å²) in [5.74, 6) is 0.587. The Morgan fingerprint density at radius 1 is 1.18 bits per heavy atom. The van der Waals surface area contributed by atoms with Crippen LogP contribution in [0.2, 0.25) is 0 Å². The van der Waals surface area contributed by atoms with Crippen molar-refractivity contribution in [1.82, 2.24) is 20.5 Å². The molecule has 0 radical (unpaired) electrons. The van der Waals surface area contributed by atoms with E-state index >= 15 is 0 Å². The largest absolute Gasteiger partial charge is 0.317 e. The minimum absolute atomic E-state index is 0. The van der Waals surface area contributed by atoms with E-state index < -0.39 is 0 Å². The number of fused-ring (bicyclic) bond motifs is 1. The number of nitrogens with one attached hydrogen (secondary N) is 2. The van der Waals surface area contributed by atoms with E-state index in [2.05, 4.69) is 26.6 Å². The molecule has 0 unspecified atom stereocenters. The molecule has 0 amide bonds.